The molecule has 0 radical (unpaired) electrons. The van der Waals surface area contributed by atoms with E-state index in [2.05, 4.69) is 38.4 Å². The van der Waals surface area contributed by atoms with Gasteiger partial charge in [-0.15, -0.1) is 0 Å². The fourth-order valence-corrected chi connectivity index (χ4v) is 4.09. The molecule has 6 heteroatoms. The van der Waals surface area contributed by atoms with Crippen LogP contribution in [0, 0.1) is 0 Å². The summed E-state index contributed by atoms with van der Waals surface area (Å²) in [6.07, 6.45) is 9.84. The molecule has 1 aliphatic rings. The molecule has 6 nitrogen and oxygen atoms in total. The van der Waals surface area contributed by atoms with Crippen LogP contribution in [0.15, 0.2) is 55.0 Å². The number of aromatic amines is 1. The molecule has 0 amide bonds. The molecule has 4 heterocycles. The van der Waals surface area contributed by atoms with Crippen LogP contribution in [0.1, 0.15) is 37.3 Å². The lowest BCUT2D eigenvalue weighted by atomic mass is 9.84. The van der Waals surface area contributed by atoms with E-state index in [9.17, 15) is 0 Å². The van der Waals surface area contributed by atoms with Crippen molar-refractivity contribution in [2.45, 2.75) is 37.6 Å². The Labute approximate surface area is 163 Å². The topological polar surface area (TPSA) is 93.4 Å². The molecule has 1 aliphatic carbocycles. The van der Waals surface area contributed by atoms with E-state index in [4.69, 9.17) is 10.7 Å². The Morgan fingerprint density at radius 1 is 1.04 bits per heavy atom. The van der Waals surface area contributed by atoms with Gasteiger partial charge in [0.1, 0.15) is 5.69 Å². The number of aromatic nitrogens is 5. The summed E-state index contributed by atoms with van der Waals surface area (Å²) in [4.78, 5) is 13.7. The smallest absolute Gasteiger partial charge is 0.118 e. The molecular formula is C22H22N6. The van der Waals surface area contributed by atoms with Crippen LogP contribution in [0.2, 0.25) is 0 Å². The van der Waals surface area contributed by atoms with Crippen molar-refractivity contribution in [3.05, 3.63) is 60.7 Å². The number of pyridine rings is 3. The van der Waals surface area contributed by atoms with Crippen LogP contribution in [0.5, 0.6) is 0 Å². The van der Waals surface area contributed by atoms with Crippen molar-refractivity contribution in [1.82, 2.24) is 25.1 Å². The number of H-pyrrole nitrogens is 1. The van der Waals surface area contributed by atoms with Gasteiger partial charge in [0.15, 0.2) is 0 Å². The zero-order chi connectivity index (χ0) is 18.9. The quantitative estimate of drug-likeness (QED) is 0.567. The Morgan fingerprint density at radius 2 is 2.00 bits per heavy atom. The van der Waals surface area contributed by atoms with Gasteiger partial charge in [-0.2, -0.15) is 5.10 Å². The number of nitrogens with zero attached hydrogens (tertiary/aromatic N) is 4. The standard InChI is InChI=1S/C22H22N6/c23-16-6-1-4-14(10-16)18-7-2-8-19(26-18)22-17-11-20(15-5-3-9-24-12-15)25-13-21(17)27-28-22/h2-3,5,7-9,11-14,16H,1,4,6,10,23H2,(H,27,28)/t14?,16-/m0/s1. The van der Waals surface area contributed by atoms with E-state index >= 15 is 0 Å². The molecule has 4 aromatic heterocycles. The highest BCUT2D eigenvalue weighted by Crippen LogP contribution is 2.33. The minimum atomic E-state index is 0.281. The summed E-state index contributed by atoms with van der Waals surface area (Å²) in [5, 5.41) is 8.63. The van der Waals surface area contributed by atoms with Crippen LogP contribution in [-0.4, -0.2) is 31.2 Å². The fourth-order valence-electron chi connectivity index (χ4n) is 4.09. The summed E-state index contributed by atoms with van der Waals surface area (Å²) in [5.41, 5.74) is 11.8. The third-order valence-corrected chi connectivity index (χ3v) is 5.55. The average Bonchev–Trinajstić information content (AvgIpc) is 3.18. The molecule has 0 aliphatic heterocycles. The van der Waals surface area contributed by atoms with E-state index in [1.165, 1.54) is 6.42 Å². The highest BCUT2D eigenvalue weighted by molar-refractivity contribution is 5.93. The van der Waals surface area contributed by atoms with E-state index in [0.29, 0.717) is 5.92 Å². The van der Waals surface area contributed by atoms with E-state index in [-0.39, 0.29) is 6.04 Å². The third kappa shape index (κ3) is 3.16. The Morgan fingerprint density at radius 3 is 2.86 bits per heavy atom. The molecule has 28 heavy (non-hydrogen) atoms. The first-order valence-electron chi connectivity index (χ1n) is 9.75. The molecule has 0 spiro atoms. The Kier molecular flexibility index (Phi) is 4.33. The van der Waals surface area contributed by atoms with Crippen LogP contribution < -0.4 is 5.73 Å². The van der Waals surface area contributed by atoms with Gasteiger partial charge in [-0.1, -0.05) is 12.5 Å². The highest BCUT2D eigenvalue weighted by Gasteiger charge is 2.22. The third-order valence-electron chi connectivity index (χ3n) is 5.55. The molecule has 5 rings (SSSR count). The Bertz CT molecular complexity index is 1100. The first-order valence-corrected chi connectivity index (χ1v) is 9.75. The predicted molar refractivity (Wildman–Crippen MR) is 110 cm³/mol. The SMILES string of the molecule is N[C@H]1CCCC(c2cccc(-c3n[nH]c4cnc(-c5cccnc5)cc34)n2)C1. The largest absolute Gasteiger partial charge is 0.328 e. The van der Waals surface area contributed by atoms with Crippen molar-refractivity contribution in [2.24, 2.45) is 5.73 Å². The van der Waals surface area contributed by atoms with Gasteiger partial charge in [0.2, 0.25) is 0 Å². The van der Waals surface area contributed by atoms with Crippen LogP contribution >= 0.6 is 0 Å². The van der Waals surface area contributed by atoms with Gasteiger partial charge in [0.05, 0.1) is 23.1 Å². The van der Waals surface area contributed by atoms with Crippen molar-refractivity contribution in [3.8, 4) is 22.6 Å². The molecule has 3 N–H and O–H groups in total. The van der Waals surface area contributed by atoms with Crippen molar-refractivity contribution in [1.29, 1.82) is 0 Å². The lowest BCUT2D eigenvalue weighted by molar-refractivity contribution is 0.388. The van der Waals surface area contributed by atoms with E-state index in [0.717, 1.165) is 58.5 Å². The van der Waals surface area contributed by atoms with Gasteiger partial charge in [0, 0.05) is 41.0 Å². The van der Waals surface area contributed by atoms with Crippen molar-refractivity contribution in [2.75, 3.05) is 0 Å². The molecule has 1 saturated carbocycles. The summed E-state index contributed by atoms with van der Waals surface area (Å²) < 4.78 is 0. The summed E-state index contributed by atoms with van der Waals surface area (Å²) in [6, 6.07) is 12.5. The molecule has 0 aromatic carbocycles. The molecule has 1 unspecified atom stereocenters. The lowest BCUT2D eigenvalue weighted by Crippen LogP contribution is -2.27. The molecular weight excluding hydrogens is 348 g/mol. The second-order valence-corrected chi connectivity index (χ2v) is 7.50. The normalized spacial score (nSPS) is 19.8. The summed E-state index contributed by atoms with van der Waals surface area (Å²) in [6.45, 7) is 0. The van der Waals surface area contributed by atoms with Gasteiger partial charge in [-0.05, 0) is 49.6 Å². The van der Waals surface area contributed by atoms with Gasteiger partial charge >= 0.3 is 0 Å². The van der Waals surface area contributed by atoms with Crippen LogP contribution in [0.3, 0.4) is 0 Å². The van der Waals surface area contributed by atoms with E-state index < -0.39 is 0 Å². The van der Waals surface area contributed by atoms with Crippen LogP contribution in [-0.2, 0) is 0 Å². The minimum absolute atomic E-state index is 0.281. The number of nitrogens with two attached hydrogens (primary N) is 1. The van der Waals surface area contributed by atoms with Gasteiger partial charge in [-0.3, -0.25) is 20.1 Å². The van der Waals surface area contributed by atoms with Gasteiger partial charge < -0.3 is 5.73 Å². The fraction of sp³-hybridized carbons (Fsp3) is 0.273. The highest BCUT2D eigenvalue weighted by atomic mass is 15.1. The van der Waals surface area contributed by atoms with Crippen LogP contribution in [0.25, 0.3) is 33.5 Å². The number of hydrogen-bond acceptors (Lipinski definition) is 5. The van der Waals surface area contributed by atoms with E-state index in [1.54, 1.807) is 6.20 Å². The molecule has 2 atom stereocenters. The molecule has 4 aromatic rings. The maximum Gasteiger partial charge on any atom is 0.118 e. The lowest BCUT2D eigenvalue weighted by Gasteiger charge is -2.26. The number of nitrogens with one attached hydrogen (secondary N) is 1. The monoisotopic (exact) mass is 370 g/mol. The molecule has 0 bridgehead atoms. The minimum Gasteiger partial charge on any atom is -0.328 e. The second kappa shape index (κ2) is 7.13. The average molecular weight is 370 g/mol. The Balaban J connectivity index is 1.55. The van der Waals surface area contributed by atoms with Gasteiger partial charge in [-0.25, -0.2) is 0 Å². The zero-order valence-electron chi connectivity index (χ0n) is 15.5. The second-order valence-electron chi connectivity index (χ2n) is 7.50. The number of fused-ring (bicyclic) bond motifs is 1. The van der Waals surface area contributed by atoms with Crippen molar-refractivity contribution >= 4 is 10.9 Å². The van der Waals surface area contributed by atoms with Crippen LogP contribution in [0.4, 0.5) is 0 Å². The number of hydrogen-bond donors (Lipinski definition) is 2. The summed E-state index contributed by atoms with van der Waals surface area (Å²) in [5.74, 6) is 0.432. The van der Waals surface area contributed by atoms with E-state index in [1.807, 2.05) is 30.6 Å². The van der Waals surface area contributed by atoms with Gasteiger partial charge in [0.25, 0.3) is 0 Å². The van der Waals surface area contributed by atoms with Crippen molar-refractivity contribution < 1.29 is 0 Å². The molecule has 140 valence electrons. The molecule has 0 saturated heterocycles. The molecule has 1 fully saturated rings. The van der Waals surface area contributed by atoms with Crippen molar-refractivity contribution in [3.63, 3.8) is 0 Å². The maximum atomic E-state index is 6.18. The summed E-state index contributed by atoms with van der Waals surface area (Å²) >= 11 is 0. The summed E-state index contributed by atoms with van der Waals surface area (Å²) in [7, 11) is 0. The first-order chi connectivity index (χ1) is 13.8. The first kappa shape index (κ1) is 17.0. The maximum absolute atomic E-state index is 6.18. The predicted octanol–water partition coefficient (Wildman–Crippen LogP) is 4.07. The zero-order valence-corrected chi connectivity index (χ0v) is 15.5. The number of rotatable bonds is 3. The Hall–Kier alpha value is -3.12.